The van der Waals surface area contributed by atoms with Crippen molar-refractivity contribution in [1.29, 1.82) is 0 Å². The maximum absolute atomic E-state index is 6.55. The molecule has 0 amide bonds. The monoisotopic (exact) mass is 643 g/mol. The van der Waals surface area contributed by atoms with Gasteiger partial charge < -0.3 is 9.32 Å². The third kappa shape index (κ3) is 4.55. The van der Waals surface area contributed by atoms with E-state index in [1.54, 1.807) is 0 Å². The quantitative estimate of drug-likeness (QED) is 0.186. The van der Waals surface area contributed by atoms with E-state index in [4.69, 9.17) is 4.42 Å². The molecule has 0 aliphatic heterocycles. The van der Waals surface area contributed by atoms with Gasteiger partial charge in [-0.15, -0.1) is 11.3 Å². The average Bonchev–Trinajstić information content (AvgIpc) is 3.75. The number of rotatable bonds is 5. The summed E-state index contributed by atoms with van der Waals surface area (Å²) in [7, 11) is 0. The Morgan fingerprint density at radius 2 is 1.12 bits per heavy atom. The highest BCUT2D eigenvalue weighted by Gasteiger charge is 2.21. The molecule has 0 saturated carbocycles. The summed E-state index contributed by atoms with van der Waals surface area (Å²) in [5.74, 6) is 0. The molecule has 3 heteroatoms. The first-order chi connectivity index (χ1) is 24.3. The molecule has 2 aromatic heterocycles. The average molecular weight is 644 g/mol. The number of fused-ring (bicyclic) bond motifs is 7. The standard InChI is InChI=1S/C46H29NOS/c1-2-13-31(14-3-1)41-29-34(26-27-35(41)38-18-10-19-39-36-16-6-8-22-43(36)48-45(38)39)47(33-25-24-30-12-4-5-15-32(30)28-33)42-21-11-20-40-37-17-7-9-23-44(37)49-46(40)42/h1-29H. The Morgan fingerprint density at radius 3 is 2.04 bits per heavy atom. The minimum absolute atomic E-state index is 0.904. The zero-order valence-electron chi connectivity index (χ0n) is 26.5. The topological polar surface area (TPSA) is 16.4 Å². The number of nitrogens with zero attached hydrogens (tertiary/aromatic N) is 1. The first-order valence-electron chi connectivity index (χ1n) is 16.6. The highest BCUT2D eigenvalue weighted by Crippen LogP contribution is 2.47. The number of furan rings is 1. The molecule has 0 aliphatic rings. The molecule has 0 bridgehead atoms. The molecule has 10 rings (SSSR count). The lowest BCUT2D eigenvalue weighted by atomic mass is 9.92. The van der Waals surface area contributed by atoms with Crippen LogP contribution in [0.15, 0.2) is 180 Å². The summed E-state index contributed by atoms with van der Waals surface area (Å²) in [6.45, 7) is 0. The van der Waals surface area contributed by atoms with Crippen molar-refractivity contribution < 1.29 is 4.42 Å². The van der Waals surface area contributed by atoms with Crippen molar-refractivity contribution in [3.8, 4) is 22.3 Å². The number of thiophene rings is 1. The Balaban J connectivity index is 1.25. The molecule has 0 unspecified atom stereocenters. The normalized spacial score (nSPS) is 11.7. The summed E-state index contributed by atoms with van der Waals surface area (Å²) < 4.78 is 9.12. The predicted octanol–water partition coefficient (Wildman–Crippen LogP) is 13.9. The SMILES string of the molecule is c1ccc(-c2cc(N(c3ccc4ccccc4c3)c3cccc4c3sc3ccccc34)ccc2-c2cccc3c2oc2ccccc23)cc1. The number of para-hydroxylation sites is 2. The molecular weight excluding hydrogens is 615 g/mol. The molecule has 0 fully saturated rings. The maximum atomic E-state index is 6.55. The van der Waals surface area contributed by atoms with E-state index in [0.717, 1.165) is 55.6 Å². The van der Waals surface area contributed by atoms with Gasteiger partial charge in [0.15, 0.2) is 0 Å². The molecule has 230 valence electrons. The summed E-state index contributed by atoms with van der Waals surface area (Å²) in [4.78, 5) is 2.43. The number of anilines is 3. The zero-order valence-corrected chi connectivity index (χ0v) is 27.3. The van der Waals surface area contributed by atoms with Crippen molar-refractivity contribution >= 4 is 81.3 Å². The number of benzene rings is 8. The Morgan fingerprint density at radius 1 is 0.429 bits per heavy atom. The van der Waals surface area contributed by atoms with E-state index in [9.17, 15) is 0 Å². The first kappa shape index (κ1) is 27.9. The van der Waals surface area contributed by atoms with Gasteiger partial charge in [0.2, 0.25) is 0 Å². The minimum atomic E-state index is 0.904. The minimum Gasteiger partial charge on any atom is -0.455 e. The predicted molar refractivity (Wildman–Crippen MR) is 210 cm³/mol. The van der Waals surface area contributed by atoms with E-state index in [1.165, 1.54) is 36.6 Å². The van der Waals surface area contributed by atoms with Crippen LogP contribution in [0.2, 0.25) is 0 Å². The Labute approximate surface area is 287 Å². The molecule has 0 saturated heterocycles. The summed E-state index contributed by atoms with van der Waals surface area (Å²) in [6.07, 6.45) is 0. The fourth-order valence-electron chi connectivity index (χ4n) is 7.37. The lowest BCUT2D eigenvalue weighted by Gasteiger charge is -2.27. The molecule has 0 spiro atoms. The van der Waals surface area contributed by atoms with Gasteiger partial charge in [0, 0.05) is 43.2 Å². The van der Waals surface area contributed by atoms with Crippen LogP contribution in [0.1, 0.15) is 0 Å². The van der Waals surface area contributed by atoms with Crippen molar-refractivity contribution in [3.63, 3.8) is 0 Å². The second kappa shape index (κ2) is 11.2. The smallest absolute Gasteiger partial charge is 0.143 e. The molecule has 8 aromatic carbocycles. The van der Waals surface area contributed by atoms with Crippen molar-refractivity contribution in [2.45, 2.75) is 0 Å². The molecule has 0 radical (unpaired) electrons. The third-order valence-electron chi connectivity index (χ3n) is 9.66. The van der Waals surface area contributed by atoms with Crippen LogP contribution in [0.3, 0.4) is 0 Å². The van der Waals surface area contributed by atoms with Gasteiger partial charge in [-0.3, -0.25) is 0 Å². The van der Waals surface area contributed by atoms with Crippen LogP contribution < -0.4 is 4.90 Å². The van der Waals surface area contributed by atoms with Gasteiger partial charge in [0.05, 0.1) is 10.4 Å². The van der Waals surface area contributed by atoms with Gasteiger partial charge in [0.1, 0.15) is 11.2 Å². The fourth-order valence-corrected chi connectivity index (χ4v) is 8.58. The van der Waals surface area contributed by atoms with Crippen LogP contribution in [0.4, 0.5) is 17.1 Å². The molecule has 2 nitrogen and oxygen atoms in total. The molecule has 0 atom stereocenters. The number of hydrogen-bond donors (Lipinski definition) is 0. The van der Waals surface area contributed by atoms with Crippen LogP contribution >= 0.6 is 11.3 Å². The van der Waals surface area contributed by atoms with Crippen LogP contribution in [-0.2, 0) is 0 Å². The highest BCUT2D eigenvalue weighted by atomic mass is 32.1. The summed E-state index contributed by atoms with van der Waals surface area (Å²) in [5.41, 5.74) is 9.74. The lowest BCUT2D eigenvalue weighted by molar-refractivity contribution is 0.670. The molecule has 49 heavy (non-hydrogen) atoms. The van der Waals surface area contributed by atoms with Crippen LogP contribution in [0.25, 0.3) is 75.1 Å². The Bertz CT molecular complexity index is 2840. The van der Waals surface area contributed by atoms with Crippen LogP contribution in [-0.4, -0.2) is 0 Å². The zero-order chi connectivity index (χ0) is 32.3. The van der Waals surface area contributed by atoms with E-state index >= 15 is 0 Å². The molecule has 2 heterocycles. The lowest BCUT2D eigenvalue weighted by Crippen LogP contribution is -2.10. The van der Waals surface area contributed by atoms with Gasteiger partial charge >= 0.3 is 0 Å². The maximum Gasteiger partial charge on any atom is 0.143 e. The second-order valence-electron chi connectivity index (χ2n) is 12.5. The van der Waals surface area contributed by atoms with Crippen LogP contribution in [0, 0.1) is 0 Å². The van der Waals surface area contributed by atoms with Gasteiger partial charge in [-0.25, -0.2) is 0 Å². The molecular formula is C46H29NOS. The largest absolute Gasteiger partial charge is 0.455 e. The fraction of sp³-hybridized carbons (Fsp3) is 0. The van der Waals surface area contributed by atoms with Crippen molar-refractivity contribution in [1.82, 2.24) is 0 Å². The molecule has 0 N–H and O–H groups in total. The first-order valence-corrected chi connectivity index (χ1v) is 17.4. The molecule has 10 aromatic rings. The van der Waals surface area contributed by atoms with Gasteiger partial charge in [0.25, 0.3) is 0 Å². The Kier molecular flexibility index (Phi) is 6.39. The van der Waals surface area contributed by atoms with Crippen molar-refractivity contribution in [3.05, 3.63) is 176 Å². The van der Waals surface area contributed by atoms with Gasteiger partial charge in [-0.1, -0.05) is 133 Å². The highest BCUT2D eigenvalue weighted by molar-refractivity contribution is 7.26. The van der Waals surface area contributed by atoms with E-state index in [0.29, 0.717) is 0 Å². The van der Waals surface area contributed by atoms with E-state index in [1.807, 2.05) is 17.4 Å². The van der Waals surface area contributed by atoms with Crippen LogP contribution in [0.5, 0.6) is 0 Å². The summed E-state index contributed by atoms with van der Waals surface area (Å²) in [6, 6.07) is 63.2. The van der Waals surface area contributed by atoms with E-state index < -0.39 is 0 Å². The summed E-state index contributed by atoms with van der Waals surface area (Å²) >= 11 is 1.86. The number of hydrogen-bond acceptors (Lipinski definition) is 3. The van der Waals surface area contributed by atoms with Crippen molar-refractivity contribution in [2.24, 2.45) is 0 Å². The third-order valence-corrected chi connectivity index (χ3v) is 10.9. The van der Waals surface area contributed by atoms with E-state index in [-0.39, 0.29) is 0 Å². The summed E-state index contributed by atoms with van der Waals surface area (Å²) in [5, 5.41) is 7.28. The Hall–Kier alpha value is -6.16. The van der Waals surface area contributed by atoms with E-state index in [2.05, 4.69) is 175 Å². The second-order valence-corrected chi connectivity index (χ2v) is 13.5. The van der Waals surface area contributed by atoms with Gasteiger partial charge in [-0.2, -0.15) is 0 Å². The van der Waals surface area contributed by atoms with Gasteiger partial charge in [-0.05, 0) is 69.9 Å². The molecule has 0 aliphatic carbocycles. The van der Waals surface area contributed by atoms with Crippen molar-refractivity contribution in [2.75, 3.05) is 4.90 Å².